The quantitative estimate of drug-likeness (QED) is 0.420. The van der Waals surface area contributed by atoms with Gasteiger partial charge in [-0.1, -0.05) is 70.9 Å². The van der Waals surface area contributed by atoms with Gasteiger partial charge in [-0.15, -0.1) is 0 Å². The van der Waals surface area contributed by atoms with Crippen LogP contribution in [0.5, 0.6) is 11.5 Å². The first-order valence-corrected chi connectivity index (χ1v) is 10.0. The van der Waals surface area contributed by atoms with E-state index in [-0.39, 0.29) is 0 Å². The van der Waals surface area contributed by atoms with E-state index in [4.69, 9.17) is 9.84 Å². The number of aromatic hydroxyl groups is 1. The lowest BCUT2D eigenvalue weighted by atomic mass is 10.1. The molecule has 0 aliphatic rings. The summed E-state index contributed by atoms with van der Waals surface area (Å²) in [7, 11) is 0. The first-order valence-electron chi connectivity index (χ1n) is 8.44. The fraction of sp³-hybridized carbons (Fsp3) is 0.400. The number of halogens is 2. The van der Waals surface area contributed by atoms with Crippen LogP contribution >= 0.6 is 31.9 Å². The minimum atomic E-state index is 0.299. The van der Waals surface area contributed by atoms with Gasteiger partial charge in [0.15, 0.2) is 0 Å². The van der Waals surface area contributed by atoms with Gasteiger partial charge in [0, 0.05) is 8.95 Å². The summed E-state index contributed by atoms with van der Waals surface area (Å²) in [6.07, 6.45) is 7.85. The molecule has 2 nitrogen and oxygen atoms in total. The van der Waals surface area contributed by atoms with Crippen LogP contribution in [0.3, 0.4) is 0 Å². The molecule has 132 valence electrons. The molecule has 0 amide bonds. The minimum Gasteiger partial charge on any atom is -0.508 e. The monoisotopic (exact) mass is 456 g/mol. The molecule has 24 heavy (non-hydrogen) atoms. The van der Waals surface area contributed by atoms with Gasteiger partial charge in [0.05, 0.1) is 6.61 Å². The maximum absolute atomic E-state index is 8.74. The molecule has 0 saturated carbocycles. The van der Waals surface area contributed by atoms with Gasteiger partial charge in [-0.25, -0.2) is 0 Å². The summed E-state index contributed by atoms with van der Waals surface area (Å²) in [5.41, 5.74) is 0. The van der Waals surface area contributed by atoms with Gasteiger partial charge in [0.1, 0.15) is 11.5 Å². The second kappa shape index (κ2) is 13.3. The van der Waals surface area contributed by atoms with E-state index in [0.29, 0.717) is 5.75 Å². The second-order valence-corrected chi connectivity index (χ2v) is 7.38. The molecule has 0 atom stereocenters. The summed E-state index contributed by atoms with van der Waals surface area (Å²) < 4.78 is 7.73. The number of unbranched alkanes of at least 4 members (excludes halogenated alkanes) is 5. The maximum Gasteiger partial charge on any atom is 0.119 e. The Bertz CT molecular complexity index is 518. The molecule has 0 aliphatic carbocycles. The van der Waals surface area contributed by atoms with Crippen LogP contribution in [0.15, 0.2) is 57.5 Å². The van der Waals surface area contributed by atoms with Crippen LogP contribution in [0.25, 0.3) is 0 Å². The van der Waals surface area contributed by atoms with Gasteiger partial charge >= 0.3 is 0 Å². The largest absolute Gasteiger partial charge is 0.508 e. The number of phenols is 1. The van der Waals surface area contributed by atoms with Crippen molar-refractivity contribution in [3.8, 4) is 11.5 Å². The van der Waals surface area contributed by atoms with Gasteiger partial charge in [-0.05, 0) is 55.0 Å². The Morgan fingerprint density at radius 1 is 0.750 bits per heavy atom. The van der Waals surface area contributed by atoms with Crippen molar-refractivity contribution in [3.05, 3.63) is 57.5 Å². The number of hydrogen-bond acceptors (Lipinski definition) is 2. The maximum atomic E-state index is 8.74. The number of benzene rings is 2. The number of phenolic OH excluding ortho intramolecular Hbond substituents is 1. The molecular weight excluding hydrogens is 432 g/mol. The molecule has 2 aromatic carbocycles. The molecule has 0 aliphatic heterocycles. The number of rotatable bonds is 8. The van der Waals surface area contributed by atoms with Crippen molar-refractivity contribution >= 4 is 31.9 Å². The first kappa shape index (κ1) is 21.0. The summed E-state index contributed by atoms with van der Waals surface area (Å²) in [6, 6.07) is 14.9. The molecule has 0 saturated heterocycles. The van der Waals surface area contributed by atoms with E-state index in [2.05, 4.69) is 38.8 Å². The molecule has 1 N–H and O–H groups in total. The van der Waals surface area contributed by atoms with Crippen molar-refractivity contribution < 1.29 is 9.84 Å². The highest BCUT2D eigenvalue weighted by atomic mass is 79.9. The molecular formula is C20H26Br2O2. The zero-order chi connectivity index (χ0) is 17.6. The lowest BCUT2D eigenvalue weighted by molar-refractivity contribution is 0.304. The van der Waals surface area contributed by atoms with Gasteiger partial charge in [0.2, 0.25) is 0 Å². The van der Waals surface area contributed by atoms with Crippen LogP contribution < -0.4 is 4.74 Å². The van der Waals surface area contributed by atoms with E-state index < -0.39 is 0 Å². The summed E-state index contributed by atoms with van der Waals surface area (Å²) in [4.78, 5) is 0. The zero-order valence-electron chi connectivity index (χ0n) is 14.2. The van der Waals surface area contributed by atoms with E-state index in [0.717, 1.165) is 21.3 Å². The van der Waals surface area contributed by atoms with Gasteiger partial charge in [-0.2, -0.15) is 0 Å². The molecule has 0 bridgehead atoms. The second-order valence-electron chi connectivity index (χ2n) is 5.55. The predicted molar refractivity (Wildman–Crippen MR) is 109 cm³/mol. The van der Waals surface area contributed by atoms with Gasteiger partial charge in [-0.3, -0.25) is 0 Å². The van der Waals surface area contributed by atoms with Crippen molar-refractivity contribution in [2.45, 2.75) is 45.4 Å². The van der Waals surface area contributed by atoms with E-state index >= 15 is 0 Å². The molecule has 0 fully saturated rings. The van der Waals surface area contributed by atoms with Gasteiger partial charge < -0.3 is 9.84 Å². The minimum absolute atomic E-state index is 0.299. The summed E-state index contributed by atoms with van der Waals surface area (Å²) in [5.74, 6) is 1.27. The number of hydrogen-bond donors (Lipinski definition) is 1. The summed E-state index contributed by atoms with van der Waals surface area (Å²) in [6.45, 7) is 3.09. The average Bonchev–Trinajstić information content (AvgIpc) is 2.59. The van der Waals surface area contributed by atoms with Crippen molar-refractivity contribution in [1.82, 2.24) is 0 Å². The SMILES string of the molecule is CCCCCCCCOc1ccc(Br)cc1.Oc1ccc(Br)cc1. The normalized spacial score (nSPS) is 9.96. The first-order chi connectivity index (χ1) is 11.6. The summed E-state index contributed by atoms with van der Waals surface area (Å²) in [5, 5.41) is 8.74. The molecule has 0 unspecified atom stereocenters. The van der Waals surface area contributed by atoms with Crippen molar-refractivity contribution in [2.75, 3.05) is 6.61 Å². The van der Waals surface area contributed by atoms with Crippen LogP contribution in [0.1, 0.15) is 45.4 Å². The van der Waals surface area contributed by atoms with Gasteiger partial charge in [0.25, 0.3) is 0 Å². The lowest BCUT2D eigenvalue weighted by Gasteiger charge is -2.05. The molecule has 0 spiro atoms. The topological polar surface area (TPSA) is 29.5 Å². The molecule has 0 heterocycles. The van der Waals surface area contributed by atoms with E-state index in [1.165, 1.54) is 38.5 Å². The highest BCUT2D eigenvalue weighted by molar-refractivity contribution is 9.10. The third-order valence-electron chi connectivity index (χ3n) is 3.41. The van der Waals surface area contributed by atoms with E-state index in [1.54, 1.807) is 24.3 Å². The summed E-state index contributed by atoms with van der Waals surface area (Å²) >= 11 is 6.64. The van der Waals surface area contributed by atoms with Crippen LogP contribution in [-0.2, 0) is 0 Å². The Hall–Kier alpha value is -1.00. The van der Waals surface area contributed by atoms with Crippen molar-refractivity contribution in [3.63, 3.8) is 0 Å². The zero-order valence-corrected chi connectivity index (χ0v) is 17.4. The highest BCUT2D eigenvalue weighted by Gasteiger charge is 1.94. The smallest absolute Gasteiger partial charge is 0.119 e. The van der Waals surface area contributed by atoms with Crippen LogP contribution in [0.4, 0.5) is 0 Å². The number of ether oxygens (including phenoxy) is 1. The Morgan fingerprint density at radius 3 is 1.79 bits per heavy atom. The average molecular weight is 458 g/mol. The Morgan fingerprint density at radius 2 is 1.25 bits per heavy atom. The fourth-order valence-electron chi connectivity index (χ4n) is 2.04. The Labute approximate surface area is 162 Å². The van der Waals surface area contributed by atoms with Crippen LogP contribution in [0.2, 0.25) is 0 Å². The molecule has 2 aromatic rings. The Kier molecular flexibility index (Phi) is 11.7. The standard InChI is InChI=1S/C14H21BrO.C6H5BrO/c1-2-3-4-5-6-7-12-16-14-10-8-13(15)9-11-14;7-5-1-3-6(8)4-2-5/h8-11H,2-7,12H2,1H3;1-4,8H. The fourth-order valence-corrected chi connectivity index (χ4v) is 2.57. The van der Waals surface area contributed by atoms with Crippen LogP contribution in [-0.4, -0.2) is 11.7 Å². The third kappa shape index (κ3) is 10.7. The molecule has 0 radical (unpaired) electrons. The van der Waals surface area contributed by atoms with E-state index in [9.17, 15) is 0 Å². The molecule has 2 rings (SSSR count). The highest BCUT2D eigenvalue weighted by Crippen LogP contribution is 2.16. The van der Waals surface area contributed by atoms with Crippen molar-refractivity contribution in [1.29, 1.82) is 0 Å². The molecule has 0 aromatic heterocycles. The van der Waals surface area contributed by atoms with Crippen molar-refractivity contribution in [2.24, 2.45) is 0 Å². The lowest BCUT2D eigenvalue weighted by Crippen LogP contribution is -1.96. The Balaban J connectivity index is 0.000000300. The van der Waals surface area contributed by atoms with Crippen LogP contribution in [0, 0.1) is 0 Å². The third-order valence-corrected chi connectivity index (χ3v) is 4.46. The molecule has 4 heteroatoms. The van der Waals surface area contributed by atoms with E-state index in [1.807, 2.05) is 24.3 Å². The predicted octanol–water partition coefficient (Wildman–Crippen LogP) is 7.34.